The zero-order valence-corrected chi connectivity index (χ0v) is 14.3. The van der Waals surface area contributed by atoms with Gasteiger partial charge in [-0.1, -0.05) is 0 Å². The molecule has 23 heavy (non-hydrogen) atoms. The summed E-state index contributed by atoms with van der Waals surface area (Å²) in [5, 5.41) is 3.02. The van der Waals surface area contributed by atoms with Crippen LogP contribution in [0.2, 0.25) is 0 Å². The van der Waals surface area contributed by atoms with Gasteiger partial charge in [0.25, 0.3) is 0 Å². The van der Waals surface area contributed by atoms with Crippen LogP contribution in [0.25, 0.3) is 0 Å². The highest BCUT2D eigenvalue weighted by atomic mass is 16.5. The van der Waals surface area contributed by atoms with Gasteiger partial charge in [-0.2, -0.15) is 0 Å². The smallest absolute Gasteiger partial charge is 0.223 e. The number of methoxy groups -OCH3 is 2. The van der Waals surface area contributed by atoms with Crippen molar-refractivity contribution in [1.29, 1.82) is 0 Å². The number of hydrogen-bond donors (Lipinski definition) is 1. The van der Waals surface area contributed by atoms with Gasteiger partial charge in [0.1, 0.15) is 11.5 Å². The van der Waals surface area contributed by atoms with Crippen LogP contribution in [0.15, 0.2) is 18.2 Å². The maximum absolute atomic E-state index is 12.0. The van der Waals surface area contributed by atoms with Crippen molar-refractivity contribution in [3.05, 3.63) is 23.8 Å². The van der Waals surface area contributed by atoms with E-state index in [1.807, 2.05) is 30.1 Å². The largest absolute Gasteiger partial charge is 0.497 e. The summed E-state index contributed by atoms with van der Waals surface area (Å²) in [5.74, 6) is 1.94. The van der Waals surface area contributed by atoms with Crippen molar-refractivity contribution < 1.29 is 14.3 Å². The molecule has 1 aliphatic rings. The highest BCUT2D eigenvalue weighted by Gasteiger charge is 2.21. The molecule has 0 spiro atoms. The van der Waals surface area contributed by atoms with Gasteiger partial charge in [-0.3, -0.25) is 9.69 Å². The van der Waals surface area contributed by atoms with Gasteiger partial charge in [0.15, 0.2) is 0 Å². The molecule has 0 radical (unpaired) electrons. The van der Waals surface area contributed by atoms with E-state index in [4.69, 9.17) is 9.47 Å². The molecule has 0 atom stereocenters. The number of ether oxygens (including phenoxy) is 2. The van der Waals surface area contributed by atoms with Crippen molar-refractivity contribution in [2.75, 3.05) is 54.0 Å². The fraction of sp³-hybridized carbons (Fsp3) is 0.588. The van der Waals surface area contributed by atoms with Crippen molar-refractivity contribution in [3.8, 4) is 11.5 Å². The number of piperazine rings is 1. The van der Waals surface area contributed by atoms with Gasteiger partial charge in [0, 0.05) is 51.3 Å². The van der Waals surface area contributed by atoms with Crippen LogP contribution in [0.5, 0.6) is 11.5 Å². The first kappa shape index (κ1) is 17.6. The lowest BCUT2D eigenvalue weighted by molar-refractivity contribution is -0.132. The molecule has 1 saturated heterocycles. The average Bonchev–Trinajstić information content (AvgIpc) is 2.60. The Bertz CT molecular complexity index is 514. The molecule has 1 heterocycles. The van der Waals surface area contributed by atoms with E-state index in [1.165, 1.54) is 0 Å². The quantitative estimate of drug-likeness (QED) is 0.811. The van der Waals surface area contributed by atoms with Crippen LogP contribution in [0.3, 0.4) is 0 Å². The standard InChI is InChI=1S/C17H27N3O3/c1-18-7-6-17(21)20-10-8-19(9-11-20)13-14-12-15(22-2)4-5-16(14)23-3/h4-5,12,18H,6-11,13H2,1-3H3. The third kappa shape index (κ3) is 4.84. The molecule has 1 fully saturated rings. The van der Waals surface area contributed by atoms with Crippen LogP contribution in [0.4, 0.5) is 0 Å². The topological polar surface area (TPSA) is 54.0 Å². The number of nitrogens with one attached hydrogen (secondary N) is 1. The minimum absolute atomic E-state index is 0.234. The van der Waals surface area contributed by atoms with Gasteiger partial charge in [-0.25, -0.2) is 0 Å². The second kappa shape index (κ2) is 8.74. The van der Waals surface area contributed by atoms with E-state index < -0.39 is 0 Å². The van der Waals surface area contributed by atoms with Crippen LogP contribution >= 0.6 is 0 Å². The van der Waals surface area contributed by atoms with Crippen LogP contribution in [-0.2, 0) is 11.3 Å². The molecule has 6 nitrogen and oxygen atoms in total. The first-order chi connectivity index (χ1) is 11.2. The van der Waals surface area contributed by atoms with E-state index >= 15 is 0 Å². The predicted molar refractivity (Wildman–Crippen MR) is 89.9 cm³/mol. The number of amides is 1. The van der Waals surface area contributed by atoms with Gasteiger partial charge < -0.3 is 19.7 Å². The van der Waals surface area contributed by atoms with E-state index in [9.17, 15) is 4.79 Å². The molecule has 0 saturated carbocycles. The molecule has 1 aromatic rings. The van der Waals surface area contributed by atoms with Gasteiger partial charge in [-0.05, 0) is 25.2 Å². The van der Waals surface area contributed by atoms with Gasteiger partial charge in [0.05, 0.1) is 14.2 Å². The highest BCUT2D eigenvalue weighted by Crippen LogP contribution is 2.25. The fourth-order valence-electron chi connectivity index (χ4n) is 2.79. The first-order valence-corrected chi connectivity index (χ1v) is 8.03. The molecule has 0 aromatic heterocycles. The molecular weight excluding hydrogens is 294 g/mol. The lowest BCUT2D eigenvalue weighted by Crippen LogP contribution is -2.48. The monoisotopic (exact) mass is 321 g/mol. The maximum atomic E-state index is 12.0. The van der Waals surface area contributed by atoms with Crippen LogP contribution in [-0.4, -0.2) is 69.7 Å². The Hall–Kier alpha value is -1.79. The minimum Gasteiger partial charge on any atom is -0.497 e. The number of hydrogen-bond acceptors (Lipinski definition) is 5. The lowest BCUT2D eigenvalue weighted by Gasteiger charge is -2.35. The molecular formula is C17H27N3O3. The van der Waals surface area contributed by atoms with Crippen molar-refractivity contribution in [3.63, 3.8) is 0 Å². The Morgan fingerprint density at radius 3 is 2.52 bits per heavy atom. The summed E-state index contributed by atoms with van der Waals surface area (Å²) >= 11 is 0. The third-order valence-corrected chi connectivity index (χ3v) is 4.20. The van der Waals surface area contributed by atoms with Crippen LogP contribution in [0.1, 0.15) is 12.0 Å². The normalized spacial score (nSPS) is 15.5. The Morgan fingerprint density at radius 2 is 1.91 bits per heavy atom. The Balaban J connectivity index is 1.90. The molecule has 6 heteroatoms. The molecule has 0 bridgehead atoms. The molecule has 128 valence electrons. The number of benzene rings is 1. The maximum Gasteiger partial charge on any atom is 0.223 e. The third-order valence-electron chi connectivity index (χ3n) is 4.20. The van der Waals surface area contributed by atoms with E-state index in [2.05, 4.69) is 10.2 Å². The number of carbonyl (C=O) groups excluding carboxylic acids is 1. The van der Waals surface area contributed by atoms with Crippen LogP contribution < -0.4 is 14.8 Å². The number of carbonyl (C=O) groups is 1. The molecule has 0 unspecified atom stereocenters. The second-order valence-corrected chi connectivity index (χ2v) is 5.69. The van der Waals surface area contributed by atoms with E-state index in [0.29, 0.717) is 6.42 Å². The summed E-state index contributed by atoms with van der Waals surface area (Å²) in [6.07, 6.45) is 0.570. The summed E-state index contributed by atoms with van der Waals surface area (Å²) in [7, 11) is 5.22. The Kier molecular flexibility index (Phi) is 6.67. The summed E-state index contributed by atoms with van der Waals surface area (Å²) in [6, 6.07) is 5.86. The molecule has 1 aliphatic heterocycles. The molecule has 0 aliphatic carbocycles. The van der Waals surface area contributed by atoms with Gasteiger partial charge in [0.2, 0.25) is 5.91 Å². The van der Waals surface area contributed by atoms with E-state index in [1.54, 1.807) is 14.2 Å². The number of rotatable bonds is 7. The van der Waals surface area contributed by atoms with E-state index in [0.717, 1.165) is 56.3 Å². The van der Waals surface area contributed by atoms with Gasteiger partial charge >= 0.3 is 0 Å². The number of nitrogens with zero attached hydrogens (tertiary/aromatic N) is 2. The highest BCUT2D eigenvalue weighted by molar-refractivity contribution is 5.76. The molecule has 1 N–H and O–H groups in total. The van der Waals surface area contributed by atoms with E-state index in [-0.39, 0.29) is 5.91 Å². The predicted octanol–water partition coefficient (Wildman–Crippen LogP) is 0.958. The van der Waals surface area contributed by atoms with Crippen molar-refractivity contribution in [2.45, 2.75) is 13.0 Å². The lowest BCUT2D eigenvalue weighted by atomic mass is 10.1. The van der Waals surface area contributed by atoms with Crippen molar-refractivity contribution in [2.24, 2.45) is 0 Å². The van der Waals surface area contributed by atoms with Crippen molar-refractivity contribution >= 4 is 5.91 Å². The average molecular weight is 321 g/mol. The minimum atomic E-state index is 0.234. The van der Waals surface area contributed by atoms with Crippen LogP contribution in [0, 0.1) is 0 Å². The van der Waals surface area contributed by atoms with Crippen molar-refractivity contribution in [1.82, 2.24) is 15.1 Å². The second-order valence-electron chi connectivity index (χ2n) is 5.69. The first-order valence-electron chi connectivity index (χ1n) is 8.03. The summed E-state index contributed by atoms with van der Waals surface area (Å²) in [5.41, 5.74) is 1.11. The molecule has 1 aromatic carbocycles. The summed E-state index contributed by atoms with van der Waals surface area (Å²) < 4.78 is 10.7. The summed E-state index contributed by atoms with van der Waals surface area (Å²) in [4.78, 5) is 16.3. The fourth-order valence-corrected chi connectivity index (χ4v) is 2.79. The SMILES string of the molecule is CNCCC(=O)N1CCN(Cc2cc(OC)ccc2OC)CC1. The Labute approximate surface area is 138 Å². The zero-order chi connectivity index (χ0) is 16.7. The van der Waals surface area contributed by atoms with Gasteiger partial charge in [-0.15, -0.1) is 0 Å². The Morgan fingerprint density at radius 1 is 1.17 bits per heavy atom. The molecule has 1 amide bonds. The zero-order valence-electron chi connectivity index (χ0n) is 14.3. The summed E-state index contributed by atoms with van der Waals surface area (Å²) in [6.45, 7) is 4.87. The molecule has 2 rings (SSSR count).